The first-order valence-corrected chi connectivity index (χ1v) is 7.14. The number of hydrogen-bond acceptors (Lipinski definition) is 2. The van der Waals surface area contributed by atoms with Gasteiger partial charge in [0, 0.05) is 16.6 Å². The molecular weight excluding hydrogens is 236 g/mol. The molecule has 0 radical (unpaired) electrons. The third kappa shape index (κ3) is 2.76. The number of hydrogen-bond donors (Lipinski definition) is 2. The van der Waals surface area contributed by atoms with Crippen LogP contribution in [-0.4, -0.2) is 25.2 Å². The Morgan fingerprint density at radius 3 is 2.95 bits per heavy atom. The topological polar surface area (TPSA) is 37.0 Å². The van der Waals surface area contributed by atoms with Gasteiger partial charge in [-0.2, -0.15) is 0 Å². The Morgan fingerprint density at radius 2 is 2.21 bits per heavy atom. The molecule has 1 heterocycles. The molecule has 1 aliphatic carbocycles. The van der Waals surface area contributed by atoms with Gasteiger partial charge in [0.15, 0.2) is 0 Å². The number of H-pyrrole nitrogens is 1. The smallest absolute Gasteiger partial charge is 0.119 e. The van der Waals surface area contributed by atoms with E-state index in [-0.39, 0.29) is 0 Å². The number of aromatic nitrogens is 1. The molecule has 2 N–H and O–H groups in total. The molecule has 1 aliphatic rings. The van der Waals surface area contributed by atoms with Gasteiger partial charge in [0.1, 0.15) is 5.75 Å². The molecule has 0 spiro atoms. The highest BCUT2D eigenvalue weighted by Crippen LogP contribution is 2.28. The molecule has 3 nitrogen and oxygen atoms in total. The third-order valence-corrected chi connectivity index (χ3v) is 4.01. The SMILES string of the molecule is COc1ccc2[nH]c(C)c(CCNCC3CC3)c2c1. The fourth-order valence-corrected chi connectivity index (χ4v) is 2.65. The standard InChI is InChI=1S/C16H22N2O/c1-11-14(7-8-17-10-12-3-4-12)15-9-13(19-2)5-6-16(15)18-11/h5-6,9,12,17-18H,3-4,7-8,10H2,1-2H3. The van der Waals surface area contributed by atoms with Crippen molar-refractivity contribution in [2.45, 2.75) is 26.2 Å². The van der Waals surface area contributed by atoms with Gasteiger partial charge in [0.2, 0.25) is 0 Å². The van der Waals surface area contributed by atoms with Crippen molar-refractivity contribution in [2.24, 2.45) is 5.92 Å². The van der Waals surface area contributed by atoms with Crippen LogP contribution < -0.4 is 10.1 Å². The summed E-state index contributed by atoms with van der Waals surface area (Å²) in [5, 5.41) is 4.86. The quantitative estimate of drug-likeness (QED) is 0.781. The first-order chi connectivity index (χ1) is 9.28. The zero-order valence-electron chi connectivity index (χ0n) is 11.8. The molecule has 1 saturated carbocycles. The van der Waals surface area contributed by atoms with E-state index in [4.69, 9.17) is 4.74 Å². The van der Waals surface area contributed by atoms with E-state index in [9.17, 15) is 0 Å². The lowest BCUT2D eigenvalue weighted by atomic mass is 10.1. The van der Waals surface area contributed by atoms with E-state index in [2.05, 4.69) is 29.4 Å². The van der Waals surface area contributed by atoms with Crippen LogP contribution >= 0.6 is 0 Å². The summed E-state index contributed by atoms with van der Waals surface area (Å²) in [6.07, 6.45) is 3.90. The monoisotopic (exact) mass is 258 g/mol. The van der Waals surface area contributed by atoms with Gasteiger partial charge in [-0.3, -0.25) is 0 Å². The molecule has 0 saturated heterocycles. The average Bonchev–Trinajstić information content (AvgIpc) is 3.18. The molecule has 1 aromatic heterocycles. The molecule has 3 rings (SSSR count). The van der Waals surface area contributed by atoms with Crippen molar-refractivity contribution in [1.82, 2.24) is 10.3 Å². The van der Waals surface area contributed by atoms with Crippen LogP contribution in [0.15, 0.2) is 18.2 Å². The van der Waals surface area contributed by atoms with E-state index in [1.54, 1.807) is 7.11 Å². The van der Waals surface area contributed by atoms with Gasteiger partial charge in [-0.25, -0.2) is 0 Å². The predicted molar refractivity (Wildman–Crippen MR) is 78.9 cm³/mol. The van der Waals surface area contributed by atoms with Gasteiger partial charge in [-0.05, 0) is 69.0 Å². The summed E-state index contributed by atoms with van der Waals surface area (Å²) >= 11 is 0. The summed E-state index contributed by atoms with van der Waals surface area (Å²) < 4.78 is 5.32. The van der Waals surface area contributed by atoms with E-state index < -0.39 is 0 Å². The molecule has 2 aromatic rings. The van der Waals surface area contributed by atoms with Crippen molar-refractivity contribution in [1.29, 1.82) is 0 Å². The number of ether oxygens (including phenoxy) is 1. The maximum Gasteiger partial charge on any atom is 0.119 e. The molecule has 1 aromatic carbocycles. The van der Waals surface area contributed by atoms with Gasteiger partial charge >= 0.3 is 0 Å². The number of aryl methyl sites for hydroxylation is 1. The molecule has 0 amide bonds. The van der Waals surface area contributed by atoms with E-state index in [0.29, 0.717) is 0 Å². The van der Waals surface area contributed by atoms with Crippen LogP contribution in [0.4, 0.5) is 0 Å². The number of nitrogens with one attached hydrogen (secondary N) is 2. The molecule has 0 bridgehead atoms. The first kappa shape index (κ1) is 12.5. The second-order valence-electron chi connectivity index (χ2n) is 5.54. The number of rotatable bonds is 6. The van der Waals surface area contributed by atoms with Crippen molar-refractivity contribution < 1.29 is 4.74 Å². The van der Waals surface area contributed by atoms with Gasteiger partial charge in [-0.1, -0.05) is 0 Å². The van der Waals surface area contributed by atoms with Crippen LogP contribution in [0.5, 0.6) is 5.75 Å². The van der Waals surface area contributed by atoms with Crippen LogP contribution in [0.1, 0.15) is 24.1 Å². The highest BCUT2D eigenvalue weighted by Gasteiger charge is 2.20. The largest absolute Gasteiger partial charge is 0.497 e. The van der Waals surface area contributed by atoms with Gasteiger partial charge < -0.3 is 15.0 Å². The fourth-order valence-electron chi connectivity index (χ4n) is 2.65. The van der Waals surface area contributed by atoms with Gasteiger partial charge in [0.05, 0.1) is 7.11 Å². The Kier molecular flexibility index (Phi) is 3.47. The van der Waals surface area contributed by atoms with Crippen LogP contribution in [0.3, 0.4) is 0 Å². The molecule has 102 valence electrons. The third-order valence-electron chi connectivity index (χ3n) is 4.01. The Hall–Kier alpha value is -1.48. The summed E-state index contributed by atoms with van der Waals surface area (Å²) in [6.45, 7) is 4.40. The Balaban J connectivity index is 1.73. The average molecular weight is 258 g/mol. The minimum Gasteiger partial charge on any atom is -0.497 e. The molecule has 3 heteroatoms. The number of benzene rings is 1. The molecule has 0 unspecified atom stereocenters. The molecule has 1 fully saturated rings. The lowest BCUT2D eigenvalue weighted by molar-refractivity contribution is 0.415. The van der Waals surface area contributed by atoms with Crippen LogP contribution in [0, 0.1) is 12.8 Å². The minimum atomic E-state index is 0.929. The van der Waals surface area contributed by atoms with E-state index in [0.717, 1.165) is 24.6 Å². The number of fused-ring (bicyclic) bond motifs is 1. The van der Waals surface area contributed by atoms with Crippen molar-refractivity contribution >= 4 is 10.9 Å². The van der Waals surface area contributed by atoms with E-state index >= 15 is 0 Å². The fraction of sp³-hybridized carbons (Fsp3) is 0.500. The van der Waals surface area contributed by atoms with Gasteiger partial charge in [-0.15, -0.1) is 0 Å². The molecule has 0 aliphatic heterocycles. The summed E-state index contributed by atoms with van der Waals surface area (Å²) in [7, 11) is 1.72. The van der Waals surface area contributed by atoms with Crippen LogP contribution in [0.2, 0.25) is 0 Å². The normalized spacial score (nSPS) is 15.1. The summed E-state index contributed by atoms with van der Waals surface area (Å²) in [5.41, 5.74) is 3.89. The maximum atomic E-state index is 5.32. The Morgan fingerprint density at radius 1 is 1.37 bits per heavy atom. The Bertz CT molecular complexity index is 569. The van der Waals surface area contributed by atoms with E-state index in [1.165, 1.54) is 41.5 Å². The zero-order valence-corrected chi connectivity index (χ0v) is 11.8. The molecular formula is C16H22N2O. The summed E-state index contributed by atoms with van der Waals surface area (Å²) in [6, 6.07) is 6.24. The van der Waals surface area contributed by atoms with E-state index in [1.807, 2.05) is 6.07 Å². The van der Waals surface area contributed by atoms with Gasteiger partial charge in [0.25, 0.3) is 0 Å². The Labute approximate surface area is 114 Å². The predicted octanol–water partition coefficient (Wildman–Crippen LogP) is 3.03. The lowest BCUT2D eigenvalue weighted by Gasteiger charge is -2.05. The summed E-state index contributed by atoms with van der Waals surface area (Å²) in [4.78, 5) is 3.46. The second kappa shape index (κ2) is 5.25. The highest BCUT2D eigenvalue weighted by atomic mass is 16.5. The molecule has 19 heavy (non-hydrogen) atoms. The summed E-state index contributed by atoms with van der Waals surface area (Å²) in [5.74, 6) is 1.88. The van der Waals surface area contributed by atoms with Crippen LogP contribution in [-0.2, 0) is 6.42 Å². The number of aromatic amines is 1. The van der Waals surface area contributed by atoms with Crippen molar-refractivity contribution in [3.05, 3.63) is 29.5 Å². The van der Waals surface area contributed by atoms with Crippen molar-refractivity contribution in [3.8, 4) is 5.75 Å². The lowest BCUT2D eigenvalue weighted by Crippen LogP contribution is -2.19. The second-order valence-corrected chi connectivity index (χ2v) is 5.54. The minimum absolute atomic E-state index is 0.929. The maximum absolute atomic E-state index is 5.32. The van der Waals surface area contributed by atoms with Crippen molar-refractivity contribution in [3.63, 3.8) is 0 Å². The highest BCUT2D eigenvalue weighted by molar-refractivity contribution is 5.86. The molecule has 0 atom stereocenters. The van der Waals surface area contributed by atoms with Crippen molar-refractivity contribution in [2.75, 3.05) is 20.2 Å². The zero-order chi connectivity index (χ0) is 13.2. The first-order valence-electron chi connectivity index (χ1n) is 7.14. The number of methoxy groups -OCH3 is 1. The van der Waals surface area contributed by atoms with Crippen LogP contribution in [0.25, 0.3) is 10.9 Å².